The van der Waals surface area contributed by atoms with Crippen LogP contribution in [0.15, 0.2) is 30.3 Å². The summed E-state index contributed by atoms with van der Waals surface area (Å²) in [6.45, 7) is 9.45. The second-order valence-corrected chi connectivity index (χ2v) is 10.2. The van der Waals surface area contributed by atoms with Gasteiger partial charge in [-0.15, -0.1) is 0 Å². The molecule has 176 valence electrons. The van der Waals surface area contributed by atoms with Crippen LogP contribution in [0.2, 0.25) is 6.04 Å². The lowest BCUT2D eigenvalue weighted by atomic mass is 9.98. The second kappa shape index (κ2) is 15.1. The van der Waals surface area contributed by atoms with Gasteiger partial charge < -0.3 is 23.1 Å². The minimum atomic E-state index is -2.81. The van der Waals surface area contributed by atoms with E-state index >= 15 is 0 Å². The minimum Gasteiger partial charge on any atom is -0.481 e. The Morgan fingerprint density at radius 2 is 1.55 bits per heavy atom. The third kappa shape index (κ3) is 10.4. The molecule has 0 bridgehead atoms. The van der Waals surface area contributed by atoms with Crippen molar-refractivity contribution < 1.29 is 32.7 Å². The van der Waals surface area contributed by atoms with Crippen molar-refractivity contribution in [3.8, 4) is 0 Å². The summed E-state index contributed by atoms with van der Waals surface area (Å²) in [4.78, 5) is 23.8. The molecule has 1 aromatic rings. The minimum absolute atomic E-state index is 0.250. The zero-order chi connectivity index (χ0) is 23.1. The molecular weight excluding hydrogens is 416 g/mol. The van der Waals surface area contributed by atoms with Gasteiger partial charge in [0.25, 0.3) is 0 Å². The summed E-state index contributed by atoms with van der Waals surface area (Å²) in [6, 6.07) is 10.6. The molecule has 0 amide bonds. The topological polar surface area (TPSA) is 91.3 Å². The largest absolute Gasteiger partial charge is 0.500 e. The molecule has 0 spiro atoms. The average molecular weight is 455 g/mol. The maximum atomic E-state index is 12.6. The Kier molecular flexibility index (Phi) is 13.3. The summed E-state index contributed by atoms with van der Waals surface area (Å²) in [6.07, 6.45) is 1.39. The molecule has 7 nitrogen and oxygen atoms in total. The number of aliphatic carboxylic acids is 1. The van der Waals surface area contributed by atoms with Crippen LogP contribution in [0.25, 0.3) is 0 Å². The van der Waals surface area contributed by atoms with Crippen LogP contribution in [0.5, 0.6) is 0 Å². The lowest BCUT2D eigenvalue weighted by Crippen LogP contribution is -2.46. The number of carbonyl (C=O) groups is 2. The lowest BCUT2D eigenvalue weighted by Gasteiger charge is -2.28. The predicted molar refractivity (Wildman–Crippen MR) is 121 cm³/mol. The molecule has 0 saturated heterocycles. The summed E-state index contributed by atoms with van der Waals surface area (Å²) in [7, 11) is -2.81. The van der Waals surface area contributed by atoms with Crippen LogP contribution in [-0.4, -0.2) is 52.3 Å². The van der Waals surface area contributed by atoms with Gasteiger partial charge in [0, 0.05) is 25.9 Å². The highest BCUT2D eigenvalue weighted by atomic mass is 28.4. The van der Waals surface area contributed by atoms with E-state index in [4.69, 9.17) is 18.0 Å². The monoisotopic (exact) mass is 454 g/mol. The van der Waals surface area contributed by atoms with E-state index in [1.807, 2.05) is 51.1 Å². The zero-order valence-electron chi connectivity index (χ0n) is 19.3. The molecule has 31 heavy (non-hydrogen) atoms. The van der Waals surface area contributed by atoms with Gasteiger partial charge in [-0.05, 0) is 51.5 Å². The van der Waals surface area contributed by atoms with Crippen LogP contribution >= 0.6 is 0 Å². The molecule has 0 aliphatic carbocycles. The number of benzene rings is 1. The molecule has 0 aliphatic rings. The van der Waals surface area contributed by atoms with Crippen LogP contribution in [0.4, 0.5) is 0 Å². The smallest absolute Gasteiger partial charge is 0.481 e. The van der Waals surface area contributed by atoms with E-state index in [0.29, 0.717) is 45.1 Å². The molecule has 1 N–H and O–H groups in total. The van der Waals surface area contributed by atoms with Crippen molar-refractivity contribution in [2.75, 3.05) is 26.4 Å². The van der Waals surface area contributed by atoms with E-state index in [9.17, 15) is 14.7 Å². The van der Waals surface area contributed by atoms with E-state index in [2.05, 4.69) is 6.92 Å². The van der Waals surface area contributed by atoms with Crippen molar-refractivity contribution in [1.82, 2.24) is 0 Å². The van der Waals surface area contributed by atoms with Crippen molar-refractivity contribution in [3.05, 3.63) is 35.9 Å². The predicted octanol–water partition coefficient (Wildman–Crippen LogP) is 4.64. The highest BCUT2D eigenvalue weighted by Crippen LogP contribution is 2.24. The molecule has 0 aliphatic heterocycles. The van der Waals surface area contributed by atoms with Gasteiger partial charge >= 0.3 is 20.7 Å². The molecule has 1 aromatic carbocycles. The first kappa shape index (κ1) is 27.3. The van der Waals surface area contributed by atoms with E-state index in [1.165, 1.54) is 5.56 Å². The number of ether oxygens (including phenoxy) is 1. The fourth-order valence-corrected chi connectivity index (χ4v) is 6.12. The Hall–Kier alpha value is -1.74. The fraction of sp³-hybridized carbons (Fsp3) is 0.652. The quantitative estimate of drug-likeness (QED) is 0.271. The van der Waals surface area contributed by atoms with E-state index < -0.39 is 26.7 Å². The highest BCUT2D eigenvalue weighted by molar-refractivity contribution is 6.60. The molecule has 0 aromatic heterocycles. The Bertz CT molecular complexity index is 621. The number of carboxylic acid groups (broad SMARTS) is 1. The molecule has 1 rings (SSSR count). The average Bonchev–Trinajstić information content (AvgIpc) is 2.74. The van der Waals surface area contributed by atoms with Crippen molar-refractivity contribution in [2.24, 2.45) is 5.92 Å². The standard InChI is InChI=1S/C23H38O7Si/c1-5-28-31(29-6-2,30-7-3)17-11-14-21(18-22(24)25)23(26)27-16-15-19(4)20-12-9-8-10-13-20/h8-10,12-13,19,21H,5-7,11,14-18H2,1-4H3,(H,24,25). The van der Waals surface area contributed by atoms with E-state index in [-0.39, 0.29) is 18.9 Å². The Balaban J connectivity index is 2.60. The molecule has 0 fully saturated rings. The molecule has 2 unspecified atom stereocenters. The number of carbonyl (C=O) groups excluding carboxylic acids is 1. The van der Waals surface area contributed by atoms with Gasteiger partial charge in [0.2, 0.25) is 0 Å². The summed E-state index contributed by atoms with van der Waals surface area (Å²) in [5, 5.41) is 9.23. The molecule has 0 radical (unpaired) electrons. The second-order valence-electron chi connectivity index (χ2n) is 7.44. The Morgan fingerprint density at radius 3 is 2.06 bits per heavy atom. The van der Waals surface area contributed by atoms with Gasteiger partial charge in [0.1, 0.15) is 0 Å². The van der Waals surface area contributed by atoms with Gasteiger partial charge in [0.05, 0.1) is 18.9 Å². The van der Waals surface area contributed by atoms with Crippen LogP contribution in [0.1, 0.15) is 64.9 Å². The van der Waals surface area contributed by atoms with E-state index in [0.717, 1.165) is 0 Å². The van der Waals surface area contributed by atoms with E-state index in [1.54, 1.807) is 0 Å². The van der Waals surface area contributed by atoms with Gasteiger partial charge in [-0.1, -0.05) is 37.3 Å². The SMILES string of the molecule is CCO[Si](CCCC(CC(=O)O)C(=O)OCCC(C)c1ccccc1)(OCC)OCC. The highest BCUT2D eigenvalue weighted by Gasteiger charge is 2.40. The van der Waals surface area contributed by atoms with Crippen LogP contribution in [0, 0.1) is 5.92 Å². The van der Waals surface area contributed by atoms with Gasteiger partial charge in [0.15, 0.2) is 0 Å². The number of hydrogen-bond acceptors (Lipinski definition) is 6. The molecule has 0 heterocycles. The summed E-state index contributed by atoms with van der Waals surface area (Å²) < 4.78 is 22.9. The van der Waals surface area contributed by atoms with Crippen molar-refractivity contribution in [1.29, 1.82) is 0 Å². The van der Waals surface area contributed by atoms with Crippen LogP contribution in [-0.2, 0) is 27.6 Å². The first-order valence-corrected chi connectivity index (χ1v) is 13.2. The van der Waals surface area contributed by atoms with Gasteiger partial charge in [-0.3, -0.25) is 9.59 Å². The summed E-state index contributed by atoms with van der Waals surface area (Å²) in [5.41, 5.74) is 1.18. The fourth-order valence-electron chi connectivity index (χ4n) is 3.48. The maximum absolute atomic E-state index is 12.6. The first-order valence-electron chi connectivity index (χ1n) is 11.2. The van der Waals surface area contributed by atoms with Crippen LogP contribution in [0.3, 0.4) is 0 Å². The Morgan fingerprint density at radius 1 is 0.968 bits per heavy atom. The van der Waals surface area contributed by atoms with Crippen molar-refractivity contribution >= 4 is 20.7 Å². The number of carboxylic acids is 1. The lowest BCUT2D eigenvalue weighted by molar-refractivity contribution is -0.153. The summed E-state index contributed by atoms with van der Waals surface area (Å²) in [5.74, 6) is -1.91. The molecule has 2 atom stereocenters. The van der Waals surface area contributed by atoms with Gasteiger partial charge in [-0.25, -0.2) is 0 Å². The third-order valence-corrected chi connectivity index (χ3v) is 8.20. The zero-order valence-corrected chi connectivity index (χ0v) is 20.3. The normalized spacial score (nSPS) is 13.5. The number of rotatable bonds is 17. The molecular formula is C23H38O7Si. The Labute approximate surface area is 187 Å². The summed E-state index contributed by atoms with van der Waals surface area (Å²) >= 11 is 0. The number of hydrogen-bond donors (Lipinski definition) is 1. The van der Waals surface area contributed by atoms with Crippen molar-refractivity contribution in [3.63, 3.8) is 0 Å². The van der Waals surface area contributed by atoms with Gasteiger partial charge in [-0.2, -0.15) is 0 Å². The maximum Gasteiger partial charge on any atom is 0.500 e. The van der Waals surface area contributed by atoms with Crippen molar-refractivity contribution in [2.45, 2.75) is 65.3 Å². The molecule has 8 heteroatoms. The molecule has 0 saturated carbocycles. The first-order chi connectivity index (χ1) is 14.9. The van der Waals surface area contributed by atoms with Crippen LogP contribution < -0.4 is 0 Å². The number of esters is 1. The third-order valence-electron chi connectivity index (χ3n) is 5.05.